The molecule has 0 aromatic heterocycles. The Morgan fingerprint density at radius 2 is 1.94 bits per heavy atom. The standard InChI is InChI=1S/C10H11IN2O3/c1-12-10(15)13-9(14)6-16-8-4-2-7(11)3-5-8/h2-5H,6H2,1H3,(H2,12,13,14,15). The van der Waals surface area contributed by atoms with Crippen molar-refractivity contribution in [1.82, 2.24) is 10.6 Å². The lowest BCUT2D eigenvalue weighted by molar-refractivity contribution is -0.122. The van der Waals surface area contributed by atoms with Gasteiger partial charge in [-0.2, -0.15) is 0 Å². The summed E-state index contributed by atoms with van der Waals surface area (Å²) in [6, 6.07) is 6.71. The molecule has 0 aliphatic rings. The van der Waals surface area contributed by atoms with Gasteiger partial charge in [-0.05, 0) is 46.9 Å². The van der Waals surface area contributed by atoms with Crippen molar-refractivity contribution in [3.63, 3.8) is 0 Å². The second-order valence-electron chi connectivity index (χ2n) is 2.87. The Morgan fingerprint density at radius 1 is 1.31 bits per heavy atom. The van der Waals surface area contributed by atoms with Gasteiger partial charge in [-0.25, -0.2) is 4.79 Å². The first-order valence-electron chi connectivity index (χ1n) is 4.51. The molecule has 86 valence electrons. The van der Waals surface area contributed by atoms with E-state index in [-0.39, 0.29) is 6.61 Å². The SMILES string of the molecule is CNC(=O)NC(=O)COc1ccc(I)cc1. The third-order valence-corrected chi connectivity index (χ3v) is 2.38. The van der Waals surface area contributed by atoms with E-state index in [1.54, 1.807) is 12.1 Å². The number of carbonyl (C=O) groups excluding carboxylic acids is 2. The molecular formula is C10H11IN2O3. The Hall–Kier alpha value is -1.31. The van der Waals surface area contributed by atoms with Crippen LogP contribution in [0.2, 0.25) is 0 Å². The smallest absolute Gasteiger partial charge is 0.321 e. The topological polar surface area (TPSA) is 67.4 Å². The van der Waals surface area contributed by atoms with Crippen molar-refractivity contribution in [2.24, 2.45) is 0 Å². The van der Waals surface area contributed by atoms with Crippen LogP contribution in [0.25, 0.3) is 0 Å². The molecule has 6 heteroatoms. The van der Waals surface area contributed by atoms with Crippen molar-refractivity contribution in [2.45, 2.75) is 0 Å². The number of amides is 3. The number of nitrogens with one attached hydrogen (secondary N) is 2. The summed E-state index contributed by atoms with van der Waals surface area (Å²) in [5.41, 5.74) is 0. The minimum Gasteiger partial charge on any atom is -0.484 e. The molecule has 0 heterocycles. The highest BCUT2D eigenvalue weighted by Gasteiger charge is 2.06. The highest BCUT2D eigenvalue weighted by molar-refractivity contribution is 14.1. The zero-order valence-corrected chi connectivity index (χ0v) is 10.8. The molecule has 0 spiro atoms. The van der Waals surface area contributed by atoms with Crippen molar-refractivity contribution in [3.05, 3.63) is 27.8 Å². The number of carbonyl (C=O) groups is 2. The maximum Gasteiger partial charge on any atom is 0.321 e. The summed E-state index contributed by atoms with van der Waals surface area (Å²) >= 11 is 2.17. The van der Waals surface area contributed by atoms with E-state index in [1.165, 1.54) is 7.05 Å². The Bertz CT molecular complexity index is 378. The van der Waals surface area contributed by atoms with Gasteiger partial charge in [0.2, 0.25) is 0 Å². The van der Waals surface area contributed by atoms with Crippen molar-refractivity contribution in [3.8, 4) is 5.75 Å². The summed E-state index contributed by atoms with van der Waals surface area (Å²) in [6.45, 7) is -0.186. The fraction of sp³-hybridized carbons (Fsp3) is 0.200. The fourth-order valence-corrected chi connectivity index (χ4v) is 1.26. The van der Waals surface area contributed by atoms with E-state index in [2.05, 4.69) is 33.2 Å². The number of imide groups is 1. The zero-order valence-electron chi connectivity index (χ0n) is 8.62. The molecule has 0 atom stereocenters. The Balaban J connectivity index is 2.37. The molecule has 0 aliphatic heterocycles. The monoisotopic (exact) mass is 334 g/mol. The second-order valence-corrected chi connectivity index (χ2v) is 4.12. The number of ether oxygens (including phenoxy) is 1. The molecule has 1 rings (SSSR count). The molecule has 0 saturated carbocycles. The molecular weight excluding hydrogens is 323 g/mol. The van der Waals surface area contributed by atoms with Gasteiger partial charge in [0.15, 0.2) is 6.61 Å². The summed E-state index contributed by atoms with van der Waals surface area (Å²) in [5, 5.41) is 4.37. The molecule has 5 nitrogen and oxygen atoms in total. The third kappa shape index (κ3) is 4.47. The number of rotatable bonds is 3. The van der Waals surface area contributed by atoms with E-state index >= 15 is 0 Å². The summed E-state index contributed by atoms with van der Waals surface area (Å²) in [5.74, 6) is 0.102. The molecule has 16 heavy (non-hydrogen) atoms. The van der Waals surface area contributed by atoms with Crippen molar-refractivity contribution >= 4 is 34.5 Å². The molecule has 1 aromatic rings. The minimum atomic E-state index is -0.545. The molecule has 0 saturated heterocycles. The largest absolute Gasteiger partial charge is 0.484 e. The first-order chi connectivity index (χ1) is 7.61. The molecule has 2 N–H and O–H groups in total. The van der Waals surface area contributed by atoms with E-state index in [9.17, 15) is 9.59 Å². The summed E-state index contributed by atoms with van der Waals surface area (Å²) < 4.78 is 6.26. The summed E-state index contributed by atoms with van der Waals surface area (Å²) in [4.78, 5) is 21.9. The normalized spacial score (nSPS) is 9.38. The van der Waals surface area contributed by atoms with Gasteiger partial charge in [0, 0.05) is 10.6 Å². The Morgan fingerprint density at radius 3 is 2.50 bits per heavy atom. The van der Waals surface area contributed by atoms with Gasteiger partial charge < -0.3 is 10.1 Å². The van der Waals surface area contributed by atoms with Crippen LogP contribution in [0.1, 0.15) is 0 Å². The predicted molar refractivity (Wildman–Crippen MR) is 67.3 cm³/mol. The first kappa shape index (κ1) is 12.8. The van der Waals surface area contributed by atoms with Crippen LogP contribution in [0.4, 0.5) is 4.79 Å². The van der Waals surface area contributed by atoms with Crippen LogP contribution in [0, 0.1) is 3.57 Å². The highest BCUT2D eigenvalue weighted by Crippen LogP contribution is 2.12. The van der Waals surface area contributed by atoms with E-state index < -0.39 is 11.9 Å². The van der Waals surface area contributed by atoms with Gasteiger partial charge in [-0.1, -0.05) is 0 Å². The van der Waals surface area contributed by atoms with Gasteiger partial charge in [0.1, 0.15) is 5.75 Å². The number of urea groups is 1. The maximum atomic E-state index is 11.2. The van der Waals surface area contributed by atoms with Crippen molar-refractivity contribution < 1.29 is 14.3 Å². The van der Waals surface area contributed by atoms with Crippen LogP contribution >= 0.6 is 22.6 Å². The Kier molecular flexibility index (Phi) is 5.03. The van der Waals surface area contributed by atoms with E-state index in [1.807, 2.05) is 12.1 Å². The van der Waals surface area contributed by atoms with Gasteiger partial charge in [-0.15, -0.1) is 0 Å². The Labute approximate surface area is 107 Å². The quantitative estimate of drug-likeness (QED) is 0.815. The highest BCUT2D eigenvalue weighted by atomic mass is 127. The van der Waals surface area contributed by atoms with Crippen LogP contribution in [-0.2, 0) is 4.79 Å². The van der Waals surface area contributed by atoms with Gasteiger partial charge in [-0.3, -0.25) is 10.1 Å². The number of benzene rings is 1. The number of hydrogen-bond donors (Lipinski definition) is 2. The van der Waals surface area contributed by atoms with Crippen LogP contribution in [0.15, 0.2) is 24.3 Å². The predicted octanol–water partition coefficient (Wildman–Crippen LogP) is 1.13. The van der Waals surface area contributed by atoms with Gasteiger partial charge in [0.25, 0.3) is 5.91 Å². The minimum absolute atomic E-state index is 0.186. The second kappa shape index (κ2) is 6.31. The van der Waals surface area contributed by atoms with E-state index in [0.717, 1.165) is 3.57 Å². The lowest BCUT2D eigenvalue weighted by Gasteiger charge is -2.06. The van der Waals surface area contributed by atoms with Crippen LogP contribution in [0.5, 0.6) is 5.75 Å². The summed E-state index contributed by atoms with van der Waals surface area (Å²) in [6.07, 6.45) is 0. The third-order valence-electron chi connectivity index (χ3n) is 1.66. The lowest BCUT2D eigenvalue weighted by atomic mass is 10.3. The molecule has 0 radical (unpaired) electrons. The molecule has 1 aromatic carbocycles. The van der Waals surface area contributed by atoms with E-state index in [0.29, 0.717) is 5.75 Å². The van der Waals surface area contributed by atoms with Gasteiger partial charge >= 0.3 is 6.03 Å². The molecule has 0 fully saturated rings. The van der Waals surface area contributed by atoms with Crippen molar-refractivity contribution in [1.29, 1.82) is 0 Å². The van der Waals surface area contributed by atoms with Crippen molar-refractivity contribution in [2.75, 3.05) is 13.7 Å². The zero-order chi connectivity index (χ0) is 12.0. The number of halogens is 1. The van der Waals surface area contributed by atoms with Crippen LogP contribution in [0.3, 0.4) is 0 Å². The van der Waals surface area contributed by atoms with Gasteiger partial charge in [0.05, 0.1) is 0 Å². The lowest BCUT2D eigenvalue weighted by Crippen LogP contribution is -2.39. The number of hydrogen-bond acceptors (Lipinski definition) is 3. The first-order valence-corrected chi connectivity index (χ1v) is 5.59. The molecule has 0 aliphatic carbocycles. The maximum absolute atomic E-state index is 11.2. The molecule has 0 bridgehead atoms. The van der Waals surface area contributed by atoms with Crippen LogP contribution in [-0.4, -0.2) is 25.6 Å². The van der Waals surface area contributed by atoms with E-state index in [4.69, 9.17) is 4.74 Å². The average molecular weight is 334 g/mol. The molecule has 3 amide bonds. The summed E-state index contributed by atoms with van der Waals surface area (Å²) in [7, 11) is 1.43. The average Bonchev–Trinajstić information content (AvgIpc) is 2.28. The fourth-order valence-electron chi connectivity index (χ4n) is 0.905. The molecule has 0 unspecified atom stereocenters. The van der Waals surface area contributed by atoms with Crippen LogP contribution < -0.4 is 15.4 Å².